The zero-order valence-corrected chi connectivity index (χ0v) is 17.0. The molecule has 27 heavy (non-hydrogen) atoms. The van der Waals surface area contributed by atoms with E-state index in [9.17, 15) is 17.6 Å². The van der Waals surface area contributed by atoms with Gasteiger partial charge in [-0.15, -0.1) is 23.5 Å². The lowest BCUT2D eigenvalue weighted by Gasteiger charge is -2.16. The van der Waals surface area contributed by atoms with Crippen LogP contribution in [0.1, 0.15) is 17.1 Å². The molecule has 1 aliphatic heterocycles. The van der Waals surface area contributed by atoms with Crippen molar-refractivity contribution in [3.63, 3.8) is 0 Å². The van der Waals surface area contributed by atoms with Gasteiger partial charge in [0, 0.05) is 17.2 Å². The van der Waals surface area contributed by atoms with Crippen LogP contribution < -0.4 is 10.0 Å². The van der Waals surface area contributed by atoms with Crippen LogP contribution in [-0.2, 0) is 14.8 Å². The van der Waals surface area contributed by atoms with Gasteiger partial charge in [0.05, 0.1) is 10.6 Å². The lowest BCUT2D eigenvalue weighted by Crippen LogP contribution is -2.41. The molecule has 2 aromatic carbocycles. The molecule has 1 atom stereocenters. The van der Waals surface area contributed by atoms with Crippen LogP contribution >= 0.6 is 23.5 Å². The smallest absolute Gasteiger partial charge is 0.244 e. The van der Waals surface area contributed by atoms with Gasteiger partial charge in [-0.25, -0.2) is 12.8 Å². The summed E-state index contributed by atoms with van der Waals surface area (Å²) in [5, 5.41) is 2.72. The van der Waals surface area contributed by atoms with Gasteiger partial charge in [0.2, 0.25) is 15.9 Å². The summed E-state index contributed by atoms with van der Waals surface area (Å²) in [5.74, 6) is 0.817. The monoisotopic (exact) mass is 426 g/mol. The average Bonchev–Trinajstić information content (AvgIpc) is 3.16. The predicted octanol–water partition coefficient (Wildman–Crippen LogP) is 3.61. The van der Waals surface area contributed by atoms with Crippen molar-refractivity contribution >= 4 is 45.1 Å². The van der Waals surface area contributed by atoms with Gasteiger partial charge in [0.25, 0.3) is 0 Å². The summed E-state index contributed by atoms with van der Waals surface area (Å²) in [6.07, 6.45) is 0. The van der Waals surface area contributed by atoms with E-state index in [1.807, 2.05) is 41.7 Å². The minimum atomic E-state index is -4.14. The van der Waals surface area contributed by atoms with Gasteiger partial charge in [-0.1, -0.05) is 24.3 Å². The Morgan fingerprint density at radius 3 is 2.56 bits per heavy atom. The summed E-state index contributed by atoms with van der Waals surface area (Å²) in [6.45, 7) is 1.42. The summed E-state index contributed by atoms with van der Waals surface area (Å²) in [7, 11) is -4.14. The van der Waals surface area contributed by atoms with Crippen LogP contribution in [0.4, 0.5) is 10.1 Å². The van der Waals surface area contributed by atoms with Crippen LogP contribution in [0.5, 0.6) is 0 Å². The zero-order valence-electron chi connectivity index (χ0n) is 14.5. The van der Waals surface area contributed by atoms with E-state index in [4.69, 9.17) is 0 Å². The molecule has 1 saturated heterocycles. The van der Waals surface area contributed by atoms with E-state index in [0.717, 1.165) is 29.2 Å². The molecule has 0 spiro atoms. The number of thioether (sulfide) groups is 2. The second-order valence-corrected chi connectivity index (χ2v) is 10.4. The van der Waals surface area contributed by atoms with E-state index >= 15 is 0 Å². The van der Waals surface area contributed by atoms with Crippen molar-refractivity contribution < 1.29 is 17.6 Å². The number of nitrogens with one attached hydrogen (secondary N) is 2. The number of hydrogen-bond donors (Lipinski definition) is 2. The van der Waals surface area contributed by atoms with E-state index in [0.29, 0.717) is 10.3 Å². The Morgan fingerprint density at radius 1 is 1.15 bits per heavy atom. The Hall–Kier alpha value is -1.55. The van der Waals surface area contributed by atoms with Crippen LogP contribution in [0.3, 0.4) is 0 Å². The zero-order chi connectivity index (χ0) is 19.4. The molecule has 0 aromatic heterocycles. The standard InChI is InChI=1S/C18H19FN2O3S3/c1-12(21-27(23,24)16-8-3-2-7-15(16)19)17(22)20-14-6-4-5-13(11-14)18-25-9-10-26-18/h2-8,11-12,18,21H,9-10H2,1H3,(H,20,22)/t12-/m0/s1. The van der Waals surface area contributed by atoms with Crippen molar-refractivity contribution in [1.82, 2.24) is 4.72 Å². The molecule has 0 saturated carbocycles. The van der Waals surface area contributed by atoms with Gasteiger partial charge < -0.3 is 5.32 Å². The third-order valence-electron chi connectivity index (χ3n) is 3.90. The Bertz CT molecular complexity index is 931. The van der Waals surface area contributed by atoms with Crippen molar-refractivity contribution in [3.8, 4) is 0 Å². The van der Waals surface area contributed by atoms with Gasteiger partial charge in [-0.05, 0) is 36.8 Å². The molecule has 2 N–H and O–H groups in total. The number of sulfonamides is 1. The van der Waals surface area contributed by atoms with E-state index in [-0.39, 0.29) is 0 Å². The summed E-state index contributed by atoms with van der Waals surface area (Å²) >= 11 is 3.72. The molecule has 0 aliphatic carbocycles. The van der Waals surface area contributed by atoms with Crippen LogP contribution in [0.25, 0.3) is 0 Å². The Morgan fingerprint density at radius 2 is 1.85 bits per heavy atom. The first kappa shape index (κ1) is 20.2. The van der Waals surface area contributed by atoms with Crippen LogP contribution in [0.2, 0.25) is 0 Å². The predicted molar refractivity (Wildman–Crippen MR) is 109 cm³/mol. The molecular formula is C18H19FN2O3S3. The van der Waals surface area contributed by atoms with Crippen molar-refractivity contribution in [1.29, 1.82) is 0 Å². The van der Waals surface area contributed by atoms with Crippen molar-refractivity contribution in [2.24, 2.45) is 0 Å². The lowest BCUT2D eigenvalue weighted by molar-refractivity contribution is -0.117. The van der Waals surface area contributed by atoms with Gasteiger partial charge >= 0.3 is 0 Å². The van der Waals surface area contributed by atoms with Gasteiger partial charge in [-0.3, -0.25) is 4.79 Å². The minimum absolute atomic E-state index is 0.346. The van der Waals surface area contributed by atoms with Crippen LogP contribution in [0, 0.1) is 5.82 Å². The number of benzene rings is 2. The number of amides is 1. The molecule has 1 heterocycles. The van der Waals surface area contributed by atoms with E-state index < -0.39 is 32.7 Å². The fourth-order valence-electron chi connectivity index (χ4n) is 2.58. The fourth-order valence-corrected chi connectivity index (χ4v) is 6.70. The van der Waals surface area contributed by atoms with E-state index in [2.05, 4.69) is 10.0 Å². The minimum Gasteiger partial charge on any atom is -0.325 e. The normalized spacial score (nSPS) is 16.2. The number of hydrogen-bond acceptors (Lipinski definition) is 5. The van der Waals surface area contributed by atoms with Gasteiger partial charge in [-0.2, -0.15) is 4.72 Å². The van der Waals surface area contributed by atoms with E-state index in [1.54, 1.807) is 6.07 Å². The largest absolute Gasteiger partial charge is 0.325 e. The highest BCUT2D eigenvalue weighted by Crippen LogP contribution is 2.45. The quantitative estimate of drug-likeness (QED) is 0.738. The number of halogens is 1. The molecule has 9 heteroatoms. The molecule has 3 rings (SSSR count). The summed E-state index contributed by atoms with van der Waals surface area (Å²) in [6, 6.07) is 11.5. The highest BCUT2D eigenvalue weighted by molar-refractivity contribution is 8.19. The SMILES string of the molecule is C[C@H](NS(=O)(=O)c1ccccc1F)C(=O)Nc1cccc(C2SCCS2)c1. The topological polar surface area (TPSA) is 75.3 Å². The van der Waals surface area contributed by atoms with Crippen LogP contribution in [0.15, 0.2) is 53.4 Å². The Kier molecular flexibility index (Phi) is 6.46. The van der Waals surface area contributed by atoms with Gasteiger partial charge in [0.1, 0.15) is 10.7 Å². The molecule has 2 aromatic rings. The second-order valence-electron chi connectivity index (χ2n) is 5.96. The molecule has 0 radical (unpaired) electrons. The highest BCUT2D eigenvalue weighted by Gasteiger charge is 2.25. The summed E-state index contributed by atoms with van der Waals surface area (Å²) in [5.41, 5.74) is 1.71. The van der Waals surface area contributed by atoms with Gasteiger partial charge in [0.15, 0.2) is 0 Å². The summed E-state index contributed by atoms with van der Waals surface area (Å²) < 4.78 is 40.9. The van der Waals surface area contributed by atoms with Crippen molar-refractivity contribution in [2.75, 3.05) is 16.8 Å². The fraction of sp³-hybridized carbons (Fsp3) is 0.278. The maximum Gasteiger partial charge on any atom is 0.244 e. The van der Waals surface area contributed by atoms with E-state index in [1.165, 1.54) is 19.1 Å². The summed E-state index contributed by atoms with van der Waals surface area (Å²) in [4.78, 5) is 11.9. The molecule has 0 unspecified atom stereocenters. The molecule has 1 aliphatic rings. The number of carbonyl (C=O) groups excluding carboxylic acids is 1. The molecule has 0 bridgehead atoms. The maximum absolute atomic E-state index is 13.8. The van der Waals surface area contributed by atoms with Crippen molar-refractivity contribution in [2.45, 2.75) is 22.4 Å². The average molecular weight is 427 g/mol. The molecule has 1 fully saturated rings. The third kappa shape index (κ3) is 5.04. The first-order chi connectivity index (χ1) is 12.9. The molecule has 1 amide bonds. The lowest BCUT2D eigenvalue weighted by atomic mass is 10.2. The second kappa shape index (κ2) is 8.64. The number of anilines is 1. The highest BCUT2D eigenvalue weighted by atomic mass is 32.2. The molecule has 144 valence electrons. The third-order valence-corrected chi connectivity index (χ3v) is 8.58. The Labute approximate surface area is 166 Å². The molecule has 5 nitrogen and oxygen atoms in total. The first-order valence-electron chi connectivity index (χ1n) is 8.28. The van der Waals surface area contributed by atoms with Crippen molar-refractivity contribution in [3.05, 3.63) is 59.9 Å². The number of rotatable bonds is 6. The maximum atomic E-state index is 13.8. The number of carbonyl (C=O) groups is 1. The van der Waals surface area contributed by atoms with Crippen LogP contribution in [-0.4, -0.2) is 31.9 Å². The first-order valence-corrected chi connectivity index (χ1v) is 11.9. The Balaban J connectivity index is 1.67. The molecular weight excluding hydrogens is 407 g/mol.